The summed E-state index contributed by atoms with van der Waals surface area (Å²) in [5.41, 5.74) is 7.94. The number of fused-ring (bicyclic) bond motifs is 1. The fourth-order valence-corrected chi connectivity index (χ4v) is 2.23. The van der Waals surface area contributed by atoms with Gasteiger partial charge in [-0.25, -0.2) is 0 Å². The molecule has 0 radical (unpaired) electrons. The molecule has 0 saturated heterocycles. The van der Waals surface area contributed by atoms with E-state index in [9.17, 15) is 0 Å². The van der Waals surface area contributed by atoms with Gasteiger partial charge in [0.05, 0.1) is 30.0 Å². The lowest BCUT2D eigenvalue weighted by molar-refractivity contribution is 0.297. The van der Waals surface area contributed by atoms with E-state index in [-0.39, 0.29) is 6.04 Å². The van der Waals surface area contributed by atoms with Crippen LogP contribution in [0, 0.1) is 0 Å². The van der Waals surface area contributed by atoms with Crippen LogP contribution < -0.4 is 15.2 Å². The van der Waals surface area contributed by atoms with Gasteiger partial charge in [-0.1, -0.05) is 17.7 Å². The monoisotopic (exact) mass is 290 g/mol. The number of nitrogens with zero attached hydrogens (tertiary/aromatic N) is 1. The van der Waals surface area contributed by atoms with E-state index in [4.69, 9.17) is 26.8 Å². The van der Waals surface area contributed by atoms with Crippen LogP contribution in [0.1, 0.15) is 23.7 Å². The van der Waals surface area contributed by atoms with Crippen molar-refractivity contribution in [3.05, 3.63) is 52.8 Å². The van der Waals surface area contributed by atoms with Crippen LogP contribution in [0.2, 0.25) is 5.02 Å². The maximum absolute atomic E-state index is 6.24. The third-order valence-corrected chi connectivity index (χ3v) is 3.42. The maximum atomic E-state index is 6.24. The molecular weight excluding hydrogens is 276 g/mol. The molecule has 0 fully saturated rings. The summed E-state index contributed by atoms with van der Waals surface area (Å²) in [6, 6.07) is 9.05. The second-order valence-corrected chi connectivity index (χ2v) is 5.07. The van der Waals surface area contributed by atoms with Gasteiger partial charge in [0.25, 0.3) is 0 Å². The van der Waals surface area contributed by atoms with Crippen LogP contribution >= 0.6 is 11.6 Å². The topological polar surface area (TPSA) is 57.4 Å². The molecule has 0 bridgehead atoms. The third-order valence-electron chi connectivity index (χ3n) is 3.20. The van der Waals surface area contributed by atoms with Gasteiger partial charge in [0.15, 0.2) is 11.5 Å². The Kier molecular flexibility index (Phi) is 3.76. The molecule has 2 N–H and O–H groups in total. The molecule has 2 aromatic rings. The van der Waals surface area contributed by atoms with Crippen molar-refractivity contribution in [2.24, 2.45) is 5.73 Å². The highest BCUT2D eigenvalue weighted by Gasteiger charge is 2.15. The first kappa shape index (κ1) is 13.2. The summed E-state index contributed by atoms with van der Waals surface area (Å²) in [5.74, 6) is 1.51. The summed E-state index contributed by atoms with van der Waals surface area (Å²) in [5, 5.41) is 0.597. The van der Waals surface area contributed by atoms with Gasteiger partial charge in [0, 0.05) is 12.6 Å². The van der Waals surface area contributed by atoms with Crippen molar-refractivity contribution in [1.29, 1.82) is 0 Å². The fraction of sp³-hybridized carbons (Fsp3) is 0.267. The Morgan fingerprint density at radius 1 is 1.10 bits per heavy atom. The summed E-state index contributed by atoms with van der Waals surface area (Å²) in [6.07, 6.45) is 2.48. The third kappa shape index (κ3) is 2.71. The number of pyridine rings is 1. The fourth-order valence-electron chi connectivity index (χ4n) is 2.12. The summed E-state index contributed by atoms with van der Waals surface area (Å²) in [4.78, 5) is 4.26. The van der Waals surface area contributed by atoms with Crippen LogP contribution in [0.25, 0.3) is 0 Å². The quantitative estimate of drug-likeness (QED) is 0.924. The molecule has 0 amide bonds. The van der Waals surface area contributed by atoms with Gasteiger partial charge < -0.3 is 15.2 Å². The molecule has 4 nitrogen and oxygen atoms in total. The number of ether oxygens (including phenoxy) is 2. The lowest BCUT2D eigenvalue weighted by Gasteiger charge is -2.14. The Hall–Kier alpha value is -1.78. The standard InChI is InChI=1S/C15H15ClN2O2/c16-11-3-4-12(18-9-11)15(17)10-2-5-13-14(8-10)20-7-1-6-19-13/h2-5,8-9,15H,1,6-7,17H2. The van der Waals surface area contributed by atoms with Crippen molar-refractivity contribution < 1.29 is 9.47 Å². The van der Waals surface area contributed by atoms with Crippen LogP contribution in [0.4, 0.5) is 0 Å². The zero-order valence-electron chi connectivity index (χ0n) is 10.9. The SMILES string of the molecule is NC(c1ccc2c(c1)OCCCO2)c1ccc(Cl)cn1. The second-order valence-electron chi connectivity index (χ2n) is 4.64. The van der Waals surface area contributed by atoms with Crippen LogP contribution in [0.5, 0.6) is 11.5 Å². The Balaban J connectivity index is 1.90. The van der Waals surface area contributed by atoms with Crippen molar-refractivity contribution in [3.8, 4) is 11.5 Å². The van der Waals surface area contributed by atoms with Gasteiger partial charge in [-0.15, -0.1) is 0 Å². The van der Waals surface area contributed by atoms with E-state index in [0.717, 1.165) is 29.2 Å². The predicted molar refractivity (Wildman–Crippen MR) is 77.3 cm³/mol. The Labute approximate surface area is 122 Å². The van der Waals surface area contributed by atoms with Gasteiger partial charge in [-0.05, 0) is 29.8 Å². The number of hydrogen-bond donors (Lipinski definition) is 1. The molecule has 0 spiro atoms. The van der Waals surface area contributed by atoms with E-state index in [0.29, 0.717) is 18.2 Å². The maximum Gasteiger partial charge on any atom is 0.161 e. The number of nitrogens with two attached hydrogens (primary N) is 1. The number of hydrogen-bond acceptors (Lipinski definition) is 4. The Bertz CT molecular complexity index is 601. The molecule has 1 aromatic carbocycles. The normalized spacial score (nSPS) is 15.5. The first-order chi connectivity index (χ1) is 9.74. The van der Waals surface area contributed by atoms with Crippen LogP contribution in [-0.4, -0.2) is 18.2 Å². The van der Waals surface area contributed by atoms with Crippen molar-refractivity contribution >= 4 is 11.6 Å². The largest absolute Gasteiger partial charge is 0.490 e. The number of halogens is 1. The van der Waals surface area contributed by atoms with Gasteiger partial charge in [0.2, 0.25) is 0 Å². The molecule has 104 valence electrons. The minimum Gasteiger partial charge on any atom is -0.490 e. The first-order valence-corrected chi connectivity index (χ1v) is 6.88. The smallest absolute Gasteiger partial charge is 0.161 e. The zero-order valence-corrected chi connectivity index (χ0v) is 11.6. The highest BCUT2D eigenvalue weighted by atomic mass is 35.5. The van der Waals surface area contributed by atoms with E-state index in [1.54, 1.807) is 12.3 Å². The molecular formula is C15H15ClN2O2. The lowest BCUT2D eigenvalue weighted by atomic mass is 10.0. The van der Waals surface area contributed by atoms with Gasteiger partial charge in [-0.2, -0.15) is 0 Å². The molecule has 1 aliphatic heterocycles. The molecule has 1 unspecified atom stereocenters. The van der Waals surface area contributed by atoms with Crippen molar-refractivity contribution in [2.75, 3.05) is 13.2 Å². The second kappa shape index (κ2) is 5.69. The molecule has 2 heterocycles. The van der Waals surface area contributed by atoms with E-state index in [1.165, 1.54) is 0 Å². The minimum atomic E-state index is -0.315. The van der Waals surface area contributed by atoms with Gasteiger partial charge >= 0.3 is 0 Å². The Morgan fingerprint density at radius 3 is 2.65 bits per heavy atom. The molecule has 1 aliphatic rings. The van der Waals surface area contributed by atoms with Crippen LogP contribution in [0.15, 0.2) is 36.5 Å². The van der Waals surface area contributed by atoms with Gasteiger partial charge in [-0.3, -0.25) is 4.98 Å². The number of aromatic nitrogens is 1. The van der Waals surface area contributed by atoms with Crippen LogP contribution in [0.3, 0.4) is 0 Å². The highest BCUT2D eigenvalue weighted by Crippen LogP contribution is 2.33. The summed E-state index contributed by atoms with van der Waals surface area (Å²) < 4.78 is 11.3. The molecule has 0 aliphatic carbocycles. The average molecular weight is 291 g/mol. The van der Waals surface area contributed by atoms with Crippen molar-refractivity contribution in [1.82, 2.24) is 4.98 Å². The Morgan fingerprint density at radius 2 is 1.90 bits per heavy atom. The molecule has 1 atom stereocenters. The predicted octanol–water partition coefficient (Wildman–Crippen LogP) is 2.94. The average Bonchev–Trinajstić information content (AvgIpc) is 2.71. The number of rotatable bonds is 2. The van der Waals surface area contributed by atoms with Crippen molar-refractivity contribution in [2.45, 2.75) is 12.5 Å². The van der Waals surface area contributed by atoms with Gasteiger partial charge in [0.1, 0.15) is 0 Å². The van der Waals surface area contributed by atoms with E-state index < -0.39 is 0 Å². The minimum absolute atomic E-state index is 0.315. The molecule has 0 saturated carbocycles. The molecule has 1 aromatic heterocycles. The van der Waals surface area contributed by atoms with Crippen LogP contribution in [-0.2, 0) is 0 Å². The van der Waals surface area contributed by atoms with E-state index in [1.807, 2.05) is 24.3 Å². The highest BCUT2D eigenvalue weighted by molar-refractivity contribution is 6.30. The molecule has 5 heteroatoms. The summed E-state index contributed by atoms with van der Waals surface area (Å²) in [7, 11) is 0. The zero-order chi connectivity index (χ0) is 13.9. The number of benzene rings is 1. The molecule has 20 heavy (non-hydrogen) atoms. The first-order valence-electron chi connectivity index (χ1n) is 6.50. The summed E-state index contributed by atoms with van der Waals surface area (Å²) >= 11 is 5.84. The molecule has 3 rings (SSSR count). The van der Waals surface area contributed by atoms with E-state index in [2.05, 4.69) is 4.98 Å². The van der Waals surface area contributed by atoms with Crippen molar-refractivity contribution in [3.63, 3.8) is 0 Å². The lowest BCUT2D eigenvalue weighted by Crippen LogP contribution is -2.13. The summed E-state index contributed by atoms with van der Waals surface area (Å²) in [6.45, 7) is 1.34. The van der Waals surface area contributed by atoms with E-state index >= 15 is 0 Å².